The van der Waals surface area contributed by atoms with E-state index in [1.807, 2.05) is 24.3 Å². The monoisotopic (exact) mass is 501 g/mol. The Bertz CT molecular complexity index is 1400. The minimum absolute atomic E-state index is 0.186. The van der Waals surface area contributed by atoms with Gasteiger partial charge in [0, 0.05) is 30.7 Å². The van der Waals surface area contributed by atoms with Crippen LogP contribution in [0.4, 0.5) is 10.5 Å². The number of anilines is 1. The van der Waals surface area contributed by atoms with Crippen molar-refractivity contribution in [1.82, 2.24) is 20.4 Å². The summed E-state index contributed by atoms with van der Waals surface area (Å²) in [6.07, 6.45) is 0.556. The number of carbonyl (C=O) groups excluding carboxylic acids is 2. The predicted octanol–water partition coefficient (Wildman–Crippen LogP) is 3.88. The molecule has 0 atom stereocenters. The molecule has 0 aliphatic heterocycles. The molecule has 0 unspecified atom stereocenters. The molecule has 0 radical (unpaired) electrons. The fourth-order valence-corrected chi connectivity index (χ4v) is 3.79. The Labute approximate surface area is 213 Å². The van der Waals surface area contributed by atoms with Crippen molar-refractivity contribution in [3.05, 3.63) is 89.6 Å². The molecule has 10 heteroatoms. The molecule has 1 aromatic heterocycles. The van der Waals surface area contributed by atoms with Crippen molar-refractivity contribution in [3.63, 3.8) is 0 Å². The van der Waals surface area contributed by atoms with E-state index in [4.69, 9.17) is 9.84 Å². The van der Waals surface area contributed by atoms with Gasteiger partial charge in [-0.2, -0.15) is 5.10 Å². The third kappa shape index (κ3) is 6.43. The lowest BCUT2D eigenvalue weighted by atomic mass is 10.1. The molecule has 0 saturated carbocycles. The molecule has 0 bridgehead atoms. The van der Waals surface area contributed by atoms with E-state index in [2.05, 4.69) is 21.0 Å². The summed E-state index contributed by atoms with van der Waals surface area (Å²) in [4.78, 5) is 36.4. The van der Waals surface area contributed by atoms with Crippen LogP contribution in [0, 0.1) is 0 Å². The van der Waals surface area contributed by atoms with E-state index < -0.39 is 5.97 Å². The molecule has 1 heterocycles. The number of ether oxygens (including phenoxy) is 1. The maximum absolute atomic E-state index is 13.1. The van der Waals surface area contributed by atoms with Crippen molar-refractivity contribution >= 4 is 34.5 Å². The fourth-order valence-electron chi connectivity index (χ4n) is 3.79. The van der Waals surface area contributed by atoms with Crippen LogP contribution < -0.4 is 20.7 Å². The number of benzene rings is 3. The molecular weight excluding hydrogens is 474 g/mol. The van der Waals surface area contributed by atoms with Crippen LogP contribution in [0.15, 0.2) is 72.8 Å². The number of nitrogens with one attached hydrogen (secondary N) is 3. The smallest absolute Gasteiger partial charge is 0.335 e. The summed E-state index contributed by atoms with van der Waals surface area (Å²) < 4.78 is 6.76. The van der Waals surface area contributed by atoms with Crippen molar-refractivity contribution in [2.45, 2.75) is 19.5 Å². The molecule has 37 heavy (non-hydrogen) atoms. The Morgan fingerprint density at radius 1 is 0.946 bits per heavy atom. The number of nitrogens with zero attached hydrogens (tertiary/aromatic N) is 2. The summed E-state index contributed by atoms with van der Waals surface area (Å²) in [6, 6.07) is 20.4. The number of hydrogen-bond donors (Lipinski definition) is 4. The Morgan fingerprint density at radius 3 is 2.38 bits per heavy atom. The van der Waals surface area contributed by atoms with Crippen LogP contribution in [0.5, 0.6) is 5.75 Å². The molecule has 0 aliphatic rings. The zero-order valence-corrected chi connectivity index (χ0v) is 20.2. The second-order valence-electron chi connectivity index (χ2n) is 8.24. The molecule has 190 valence electrons. The molecule has 4 aromatic rings. The lowest BCUT2D eigenvalue weighted by molar-refractivity contribution is 0.0696. The molecule has 3 amide bonds. The van der Waals surface area contributed by atoms with Gasteiger partial charge in [-0.15, -0.1) is 0 Å². The number of carboxylic acid groups (broad SMARTS) is 1. The predicted molar refractivity (Wildman–Crippen MR) is 139 cm³/mol. The molecular formula is C27H27N5O5. The minimum atomic E-state index is -1.00. The number of aromatic carboxylic acids is 1. The number of carbonyl (C=O) groups is 3. The van der Waals surface area contributed by atoms with Gasteiger partial charge in [-0.05, 0) is 54.4 Å². The van der Waals surface area contributed by atoms with E-state index >= 15 is 0 Å². The Kier molecular flexibility index (Phi) is 7.99. The highest BCUT2D eigenvalue weighted by atomic mass is 16.5. The third-order valence-electron chi connectivity index (χ3n) is 5.69. The Hall–Kier alpha value is -4.86. The zero-order chi connectivity index (χ0) is 26.2. The van der Waals surface area contributed by atoms with Crippen LogP contribution in [0.25, 0.3) is 10.9 Å². The van der Waals surface area contributed by atoms with Crippen LogP contribution in [-0.4, -0.2) is 46.4 Å². The van der Waals surface area contributed by atoms with Gasteiger partial charge in [0.05, 0.1) is 18.2 Å². The fraction of sp³-hybridized carbons (Fsp3) is 0.185. The first-order chi connectivity index (χ1) is 17.9. The zero-order valence-electron chi connectivity index (χ0n) is 20.2. The summed E-state index contributed by atoms with van der Waals surface area (Å²) in [5.41, 5.74) is 2.74. The summed E-state index contributed by atoms with van der Waals surface area (Å²) in [6.45, 7) is 1.05. The molecule has 3 aromatic carbocycles. The first-order valence-corrected chi connectivity index (χ1v) is 11.7. The number of methoxy groups -OCH3 is 1. The van der Waals surface area contributed by atoms with Crippen LogP contribution in [0.3, 0.4) is 0 Å². The number of hydrogen-bond acceptors (Lipinski definition) is 5. The molecule has 0 aliphatic carbocycles. The van der Waals surface area contributed by atoms with Gasteiger partial charge < -0.3 is 25.8 Å². The number of amides is 3. The summed E-state index contributed by atoms with van der Waals surface area (Å²) in [5.74, 6) is -0.589. The van der Waals surface area contributed by atoms with Gasteiger partial charge in [-0.25, -0.2) is 9.59 Å². The van der Waals surface area contributed by atoms with Crippen LogP contribution in [-0.2, 0) is 13.1 Å². The van der Waals surface area contributed by atoms with Gasteiger partial charge in [0.25, 0.3) is 5.91 Å². The highest BCUT2D eigenvalue weighted by Gasteiger charge is 2.18. The summed E-state index contributed by atoms with van der Waals surface area (Å²) in [5, 5.41) is 22.8. The van der Waals surface area contributed by atoms with Crippen LogP contribution in [0.1, 0.15) is 32.8 Å². The largest absolute Gasteiger partial charge is 0.497 e. The third-order valence-corrected chi connectivity index (χ3v) is 5.69. The van der Waals surface area contributed by atoms with Crippen molar-refractivity contribution in [2.75, 3.05) is 19.0 Å². The van der Waals surface area contributed by atoms with E-state index in [0.717, 1.165) is 10.9 Å². The summed E-state index contributed by atoms with van der Waals surface area (Å²) in [7, 11) is 1.58. The van der Waals surface area contributed by atoms with E-state index in [1.165, 1.54) is 12.1 Å². The first-order valence-electron chi connectivity index (χ1n) is 11.7. The standard InChI is InChI=1S/C27H27N5O5/c1-37-21-13-11-20(12-14-21)30-27(36)28-15-4-16-32-24(22-5-2-3-6-23(22)31-32)25(33)29-17-18-7-9-19(10-8-18)26(34)35/h2-3,5-14H,4,15-17H2,1H3,(H,29,33)(H,34,35)(H2,28,30,36). The minimum Gasteiger partial charge on any atom is -0.497 e. The number of fused-ring (bicyclic) bond motifs is 1. The van der Waals surface area contributed by atoms with Crippen LogP contribution >= 0.6 is 0 Å². The van der Waals surface area contributed by atoms with Gasteiger partial charge >= 0.3 is 12.0 Å². The average Bonchev–Trinajstić information content (AvgIpc) is 3.29. The van der Waals surface area contributed by atoms with Crippen molar-refractivity contribution in [3.8, 4) is 5.75 Å². The van der Waals surface area contributed by atoms with Crippen molar-refractivity contribution < 1.29 is 24.2 Å². The van der Waals surface area contributed by atoms with E-state index in [1.54, 1.807) is 48.2 Å². The lowest BCUT2D eigenvalue weighted by Crippen LogP contribution is -2.30. The Morgan fingerprint density at radius 2 is 1.68 bits per heavy atom. The maximum atomic E-state index is 13.1. The van der Waals surface area contributed by atoms with Gasteiger partial charge in [0.1, 0.15) is 11.4 Å². The molecule has 10 nitrogen and oxygen atoms in total. The van der Waals surface area contributed by atoms with Gasteiger partial charge in [-0.3, -0.25) is 9.48 Å². The van der Waals surface area contributed by atoms with E-state index in [0.29, 0.717) is 42.2 Å². The maximum Gasteiger partial charge on any atom is 0.335 e. The van der Waals surface area contributed by atoms with Gasteiger partial charge in [0.15, 0.2) is 0 Å². The van der Waals surface area contributed by atoms with Crippen molar-refractivity contribution in [2.24, 2.45) is 0 Å². The average molecular weight is 502 g/mol. The molecule has 4 rings (SSSR count). The SMILES string of the molecule is COc1ccc(NC(=O)NCCCn2nc3ccccc3c2C(=O)NCc2ccc(C(=O)O)cc2)cc1. The lowest BCUT2D eigenvalue weighted by Gasteiger charge is -2.11. The molecule has 0 spiro atoms. The van der Waals surface area contributed by atoms with Crippen molar-refractivity contribution in [1.29, 1.82) is 0 Å². The van der Waals surface area contributed by atoms with E-state index in [-0.39, 0.29) is 24.0 Å². The molecule has 4 N–H and O–H groups in total. The van der Waals surface area contributed by atoms with Gasteiger partial charge in [-0.1, -0.05) is 30.3 Å². The number of aromatic nitrogens is 2. The topological polar surface area (TPSA) is 135 Å². The Balaban J connectivity index is 1.35. The number of rotatable bonds is 10. The number of aryl methyl sites for hydroxylation is 1. The second kappa shape index (κ2) is 11.7. The number of urea groups is 1. The summed E-state index contributed by atoms with van der Waals surface area (Å²) >= 11 is 0. The first kappa shape index (κ1) is 25.2. The van der Waals surface area contributed by atoms with Gasteiger partial charge in [0.2, 0.25) is 0 Å². The van der Waals surface area contributed by atoms with E-state index in [9.17, 15) is 14.4 Å². The molecule has 0 saturated heterocycles. The normalized spacial score (nSPS) is 10.6. The highest BCUT2D eigenvalue weighted by Crippen LogP contribution is 2.19. The highest BCUT2D eigenvalue weighted by molar-refractivity contribution is 6.05. The molecule has 0 fully saturated rings. The quantitative estimate of drug-likeness (QED) is 0.244. The second-order valence-corrected chi connectivity index (χ2v) is 8.24. The van der Waals surface area contributed by atoms with Crippen LogP contribution in [0.2, 0.25) is 0 Å². The number of carboxylic acids is 1.